The Morgan fingerprint density at radius 3 is 2.35 bits per heavy atom. The van der Waals surface area contributed by atoms with Crippen molar-refractivity contribution in [3.8, 4) is 0 Å². The molecule has 0 unspecified atom stereocenters. The molecule has 0 aromatic carbocycles. The molecule has 34 heavy (non-hydrogen) atoms. The van der Waals surface area contributed by atoms with Crippen molar-refractivity contribution in [2.24, 2.45) is 45.3 Å². The van der Waals surface area contributed by atoms with E-state index in [0.717, 1.165) is 44.1 Å². The molecule has 10 atom stereocenters. The van der Waals surface area contributed by atoms with E-state index in [9.17, 15) is 15.0 Å². The predicted molar refractivity (Wildman–Crippen MR) is 136 cm³/mol. The van der Waals surface area contributed by atoms with Crippen molar-refractivity contribution in [2.75, 3.05) is 7.11 Å². The highest BCUT2D eigenvalue weighted by Crippen LogP contribution is 2.74. The van der Waals surface area contributed by atoms with Gasteiger partial charge in [0.2, 0.25) is 0 Å². The maximum absolute atomic E-state index is 13.2. The monoisotopic (exact) mass is 472 g/mol. The SMILES string of the molecule is CO[C@H]1C=C2[C@@H](CC[C@H](O)C2(C)C)[C@]2(C=O)CC[C@]3(C)[C@@H]([C@H](C)[C@@H](O)C=C(C)C)CC[C@@]3(C)[C@H]12. The fourth-order valence-corrected chi connectivity index (χ4v) is 9.39. The van der Waals surface area contributed by atoms with Gasteiger partial charge in [-0.15, -0.1) is 0 Å². The van der Waals surface area contributed by atoms with Gasteiger partial charge in [-0.2, -0.15) is 0 Å². The Bertz CT molecular complexity index is 869. The van der Waals surface area contributed by atoms with Crippen molar-refractivity contribution in [2.45, 2.75) is 105 Å². The van der Waals surface area contributed by atoms with E-state index in [0.29, 0.717) is 5.92 Å². The second-order valence-corrected chi connectivity index (χ2v) is 13.5. The van der Waals surface area contributed by atoms with Gasteiger partial charge in [0.1, 0.15) is 6.29 Å². The maximum atomic E-state index is 13.2. The molecule has 0 saturated heterocycles. The van der Waals surface area contributed by atoms with Crippen LogP contribution in [0.5, 0.6) is 0 Å². The summed E-state index contributed by atoms with van der Waals surface area (Å²) in [6.07, 6.45) is 10.3. The van der Waals surface area contributed by atoms with Crippen molar-refractivity contribution < 1.29 is 19.7 Å². The standard InChI is InChI=1S/C30H48O4/c1-18(2)15-23(32)19(3)20-11-12-29(7)26-24(34-8)16-22-21(9-10-25(33)27(22,4)5)30(26,17-31)14-13-28(20,29)6/h15-17,19-21,23-26,32-33H,9-14H2,1-8H3/t19-,20+,21+,23-,24-,25-,26-,28+,29-,30+/m0/s1. The van der Waals surface area contributed by atoms with E-state index in [4.69, 9.17) is 4.74 Å². The first-order valence-electron chi connectivity index (χ1n) is 13.5. The number of rotatable bonds is 5. The van der Waals surface area contributed by atoms with Crippen LogP contribution in [0.3, 0.4) is 0 Å². The molecular formula is C30H48O4. The number of carbonyl (C=O) groups is 1. The van der Waals surface area contributed by atoms with Crippen LogP contribution in [0.25, 0.3) is 0 Å². The first-order valence-corrected chi connectivity index (χ1v) is 13.5. The molecule has 0 amide bonds. The Hall–Kier alpha value is -0.970. The van der Waals surface area contributed by atoms with Crippen LogP contribution in [0.1, 0.15) is 87.0 Å². The Labute approximate surface area is 207 Å². The molecule has 2 N–H and O–H groups in total. The van der Waals surface area contributed by atoms with Crippen molar-refractivity contribution >= 4 is 6.29 Å². The molecule has 0 radical (unpaired) electrons. The van der Waals surface area contributed by atoms with Gasteiger partial charge in [-0.1, -0.05) is 57.9 Å². The number of hydrogen-bond acceptors (Lipinski definition) is 4. The molecular weight excluding hydrogens is 424 g/mol. The zero-order chi connectivity index (χ0) is 25.3. The van der Waals surface area contributed by atoms with Crippen molar-refractivity contribution in [3.63, 3.8) is 0 Å². The lowest BCUT2D eigenvalue weighted by atomic mass is 9.38. The summed E-state index contributed by atoms with van der Waals surface area (Å²) in [4.78, 5) is 13.2. The number of allylic oxidation sites excluding steroid dienone is 1. The van der Waals surface area contributed by atoms with E-state index in [1.165, 1.54) is 11.9 Å². The smallest absolute Gasteiger partial charge is 0.127 e. The Kier molecular flexibility index (Phi) is 6.57. The fourth-order valence-electron chi connectivity index (χ4n) is 9.39. The quantitative estimate of drug-likeness (QED) is 0.397. The largest absolute Gasteiger partial charge is 0.392 e. The molecule has 4 nitrogen and oxygen atoms in total. The molecule has 4 aliphatic carbocycles. The lowest BCUT2D eigenvalue weighted by Crippen LogP contribution is -2.64. The lowest BCUT2D eigenvalue weighted by Gasteiger charge is -2.66. The Morgan fingerprint density at radius 2 is 1.76 bits per heavy atom. The summed E-state index contributed by atoms with van der Waals surface area (Å²) in [5.74, 6) is 0.859. The van der Waals surface area contributed by atoms with Gasteiger partial charge in [-0.25, -0.2) is 0 Å². The Balaban J connectivity index is 1.81. The molecule has 3 saturated carbocycles. The highest BCUT2D eigenvalue weighted by Gasteiger charge is 2.71. The van der Waals surface area contributed by atoms with Crippen LogP contribution in [-0.2, 0) is 9.53 Å². The van der Waals surface area contributed by atoms with E-state index in [2.05, 4.69) is 40.7 Å². The topological polar surface area (TPSA) is 66.8 Å². The van der Waals surface area contributed by atoms with Crippen molar-refractivity contribution in [1.82, 2.24) is 0 Å². The molecule has 3 fully saturated rings. The third kappa shape index (κ3) is 3.38. The zero-order valence-electron chi connectivity index (χ0n) is 22.7. The summed E-state index contributed by atoms with van der Waals surface area (Å²) in [5, 5.41) is 21.9. The number of aliphatic hydroxyl groups is 2. The minimum Gasteiger partial charge on any atom is -0.392 e. The molecule has 192 valence electrons. The second kappa shape index (κ2) is 8.56. The number of ether oxygens (including phenoxy) is 1. The minimum absolute atomic E-state index is 0.0336. The van der Waals surface area contributed by atoms with E-state index in [1.807, 2.05) is 19.9 Å². The maximum Gasteiger partial charge on any atom is 0.127 e. The molecule has 0 bridgehead atoms. The summed E-state index contributed by atoms with van der Waals surface area (Å²) in [7, 11) is 1.78. The van der Waals surface area contributed by atoms with Crippen LogP contribution >= 0.6 is 0 Å². The van der Waals surface area contributed by atoms with Gasteiger partial charge in [0.25, 0.3) is 0 Å². The number of hydrogen-bond donors (Lipinski definition) is 2. The van der Waals surface area contributed by atoms with Crippen molar-refractivity contribution in [3.05, 3.63) is 23.3 Å². The number of methoxy groups -OCH3 is 1. The molecule has 0 heterocycles. The molecule has 4 aliphatic rings. The van der Waals surface area contributed by atoms with E-state index < -0.39 is 11.5 Å². The molecule has 0 aliphatic heterocycles. The number of fused-ring (bicyclic) bond motifs is 5. The molecule has 0 aromatic rings. The van der Waals surface area contributed by atoms with Gasteiger partial charge in [0.15, 0.2) is 0 Å². The van der Waals surface area contributed by atoms with E-state index in [1.54, 1.807) is 7.11 Å². The van der Waals surface area contributed by atoms with Crippen LogP contribution in [0, 0.1) is 45.3 Å². The molecule has 0 aromatic heterocycles. The van der Waals surface area contributed by atoms with Gasteiger partial charge in [0, 0.05) is 23.9 Å². The highest BCUT2D eigenvalue weighted by molar-refractivity contribution is 5.65. The van der Waals surface area contributed by atoms with Crippen molar-refractivity contribution in [1.29, 1.82) is 0 Å². The summed E-state index contributed by atoms with van der Waals surface area (Å²) < 4.78 is 6.20. The highest BCUT2D eigenvalue weighted by atomic mass is 16.5. The summed E-state index contributed by atoms with van der Waals surface area (Å²) in [6, 6.07) is 0. The lowest BCUT2D eigenvalue weighted by molar-refractivity contribution is -0.187. The molecule has 4 rings (SSSR count). The van der Waals surface area contributed by atoms with Gasteiger partial charge < -0.3 is 19.7 Å². The van der Waals surface area contributed by atoms with Crippen LogP contribution in [0.2, 0.25) is 0 Å². The summed E-state index contributed by atoms with van der Waals surface area (Å²) in [6.45, 7) is 15.4. The van der Waals surface area contributed by atoms with Crippen LogP contribution in [0.4, 0.5) is 0 Å². The van der Waals surface area contributed by atoms with Gasteiger partial charge in [-0.3, -0.25) is 0 Å². The van der Waals surface area contributed by atoms with Crippen LogP contribution < -0.4 is 0 Å². The van der Waals surface area contributed by atoms with E-state index in [-0.39, 0.29) is 46.2 Å². The summed E-state index contributed by atoms with van der Waals surface area (Å²) in [5.41, 5.74) is 1.57. The number of aldehydes is 1. The van der Waals surface area contributed by atoms with E-state index >= 15 is 0 Å². The Morgan fingerprint density at radius 1 is 1.09 bits per heavy atom. The van der Waals surface area contributed by atoms with Crippen LogP contribution in [-0.4, -0.2) is 41.9 Å². The number of aliphatic hydroxyl groups excluding tert-OH is 2. The predicted octanol–water partition coefficient (Wildman–Crippen LogP) is 5.72. The average molecular weight is 473 g/mol. The third-order valence-electron chi connectivity index (χ3n) is 11.6. The minimum atomic E-state index is -0.451. The molecule has 0 spiro atoms. The normalized spacial score (nSPS) is 46.9. The van der Waals surface area contributed by atoms with Crippen LogP contribution in [0.15, 0.2) is 23.3 Å². The fraction of sp³-hybridized carbons (Fsp3) is 0.833. The van der Waals surface area contributed by atoms with Gasteiger partial charge in [-0.05, 0) is 81.0 Å². The molecule has 4 heteroatoms. The summed E-state index contributed by atoms with van der Waals surface area (Å²) >= 11 is 0. The average Bonchev–Trinajstić information content (AvgIpc) is 3.05. The van der Waals surface area contributed by atoms with Gasteiger partial charge >= 0.3 is 0 Å². The zero-order valence-corrected chi connectivity index (χ0v) is 22.7. The van der Waals surface area contributed by atoms with Gasteiger partial charge in [0.05, 0.1) is 18.3 Å². The first kappa shape index (κ1) is 26.1. The first-order chi connectivity index (χ1) is 15.8. The third-order valence-corrected chi connectivity index (χ3v) is 11.6. The number of carbonyl (C=O) groups excluding carboxylic acids is 1. The second-order valence-electron chi connectivity index (χ2n) is 13.5.